The van der Waals surface area contributed by atoms with E-state index in [2.05, 4.69) is 34.8 Å². The van der Waals surface area contributed by atoms with E-state index < -0.39 is 0 Å². The fourth-order valence-electron chi connectivity index (χ4n) is 4.97. The topological polar surface area (TPSA) is 0 Å². The van der Waals surface area contributed by atoms with Crippen LogP contribution in [-0.2, 0) is 0 Å². The van der Waals surface area contributed by atoms with Gasteiger partial charge in [0.1, 0.15) is 0 Å². The number of hydrogen-bond donors (Lipinski definition) is 0. The molecule has 2 aliphatic heterocycles. The van der Waals surface area contributed by atoms with Crippen LogP contribution in [0.25, 0.3) is 0 Å². The van der Waals surface area contributed by atoms with Crippen molar-refractivity contribution >= 4 is 42.8 Å². The quantitative estimate of drug-likeness (QED) is 0.476. The van der Waals surface area contributed by atoms with E-state index in [4.69, 9.17) is 7.74 Å². The van der Waals surface area contributed by atoms with Crippen LogP contribution in [0, 0.1) is 11.8 Å². The van der Waals surface area contributed by atoms with Crippen LogP contribution in [-0.4, -0.2) is 42.8 Å². The second kappa shape index (κ2) is 17.9. The zero-order valence-electron chi connectivity index (χ0n) is 20.5. The Bertz CT molecular complexity index is 370. The minimum atomic E-state index is 0.546. The molecular formula is C24H51B6-. The Morgan fingerprint density at radius 1 is 0.667 bits per heavy atom. The highest BCUT2D eigenvalue weighted by Gasteiger charge is 2.27. The van der Waals surface area contributed by atoms with Gasteiger partial charge in [-0.2, -0.15) is 0 Å². The second-order valence-electron chi connectivity index (χ2n) is 10.7. The molecule has 0 aromatic carbocycles. The van der Waals surface area contributed by atoms with Crippen molar-refractivity contribution in [1.82, 2.24) is 0 Å². The van der Waals surface area contributed by atoms with E-state index in [0.29, 0.717) is 7.74 Å². The van der Waals surface area contributed by atoms with E-state index >= 15 is 0 Å². The molecule has 4 aliphatic rings. The molecule has 0 amide bonds. The van der Waals surface area contributed by atoms with Gasteiger partial charge in [-0.1, -0.05) is 150 Å². The Hall–Kier alpha value is 0.390. The Kier molecular flexibility index (Phi) is 16.9. The molecule has 2 aliphatic carbocycles. The number of hydrogen-bond acceptors (Lipinski definition) is 0. The van der Waals surface area contributed by atoms with Gasteiger partial charge >= 0.3 is 0 Å². The summed E-state index contributed by atoms with van der Waals surface area (Å²) in [5.74, 6) is 3.89. The molecule has 166 valence electrons. The summed E-state index contributed by atoms with van der Waals surface area (Å²) in [6, 6.07) is 0. The first-order valence-electron chi connectivity index (χ1n) is 13.3. The van der Waals surface area contributed by atoms with Gasteiger partial charge in [0.2, 0.25) is 0 Å². The van der Waals surface area contributed by atoms with Gasteiger partial charge in [0.05, 0.1) is 13.2 Å². The summed E-state index contributed by atoms with van der Waals surface area (Å²) >= 11 is 0. The third-order valence-corrected chi connectivity index (χ3v) is 8.10. The van der Waals surface area contributed by atoms with Crippen molar-refractivity contribution in [3.05, 3.63) is 0 Å². The summed E-state index contributed by atoms with van der Waals surface area (Å²) in [6.45, 7) is 11.2. The summed E-state index contributed by atoms with van der Waals surface area (Å²) in [4.78, 5) is 0. The molecule has 4 fully saturated rings. The van der Waals surface area contributed by atoms with Gasteiger partial charge < -0.3 is 0 Å². The molecule has 0 bridgehead atoms. The van der Waals surface area contributed by atoms with E-state index in [1.54, 1.807) is 0 Å². The molecule has 2 saturated carbocycles. The maximum absolute atomic E-state index is 5.30. The Balaban J connectivity index is 0.000000204. The molecule has 3 unspecified atom stereocenters. The van der Waals surface area contributed by atoms with Crippen LogP contribution in [0.1, 0.15) is 118 Å². The van der Waals surface area contributed by atoms with Crippen LogP contribution in [0.5, 0.6) is 0 Å². The number of rotatable bonds is 2. The predicted octanol–water partition coefficient (Wildman–Crippen LogP) is 6.27. The zero-order valence-corrected chi connectivity index (χ0v) is 20.5. The minimum Gasteiger partial charge on any atom is -0.138 e. The van der Waals surface area contributed by atoms with Gasteiger partial charge in [0.15, 0.2) is 0 Å². The van der Waals surface area contributed by atoms with Crippen molar-refractivity contribution in [3.63, 3.8) is 0 Å². The molecule has 30 heavy (non-hydrogen) atoms. The minimum absolute atomic E-state index is 0.546. The van der Waals surface area contributed by atoms with Crippen molar-refractivity contribution in [1.29, 1.82) is 0 Å². The van der Waals surface area contributed by atoms with Crippen LogP contribution in [0.2, 0.25) is 24.3 Å². The monoisotopic (exact) mass is 405 g/mol. The van der Waals surface area contributed by atoms with Gasteiger partial charge in [0, 0.05) is 14.8 Å². The Labute approximate surface area is 196 Å². The highest BCUT2D eigenvalue weighted by Crippen LogP contribution is 2.33. The highest BCUT2D eigenvalue weighted by atomic mass is 14.1. The molecular weight excluding hydrogens is 353 g/mol. The average Bonchev–Trinajstić information content (AvgIpc) is 2.78. The van der Waals surface area contributed by atoms with Crippen molar-refractivity contribution in [2.45, 2.75) is 142 Å². The molecule has 2 saturated heterocycles. The fraction of sp³-hybridized carbons (Fsp3) is 1.00. The average molecular weight is 405 g/mol. The van der Waals surface area contributed by atoms with Gasteiger partial charge in [0.25, 0.3) is 0 Å². The molecule has 0 N–H and O–H groups in total. The Morgan fingerprint density at radius 3 is 1.47 bits per heavy atom. The van der Waals surface area contributed by atoms with Crippen LogP contribution >= 0.6 is 0 Å². The SMILES string of the molecule is C1CCCCC1.CC1CCCCC1.[BH3-][B]B1CCCC(C)C1C.[B][B]B1CCC1C. The Morgan fingerprint density at radius 2 is 1.20 bits per heavy atom. The maximum atomic E-state index is 5.30. The van der Waals surface area contributed by atoms with Crippen LogP contribution < -0.4 is 0 Å². The molecule has 2 heterocycles. The van der Waals surface area contributed by atoms with Gasteiger partial charge in [-0.25, -0.2) is 0 Å². The van der Waals surface area contributed by atoms with Gasteiger partial charge in [-0.3, -0.25) is 0 Å². The second-order valence-corrected chi connectivity index (χ2v) is 10.7. The van der Waals surface area contributed by atoms with E-state index in [1.807, 2.05) is 7.06 Å². The molecule has 0 aromatic rings. The summed E-state index contributed by atoms with van der Waals surface area (Å²) in [6.07, 6.45) is 23.6. The lowest BCUT2D eigenvalue weighted by molar-refractivity contribution is 0.385. The maximum Gasteiger partial charge on any atom is 0.0938 e. The van der Waals surface area contributed by atoms with E-state index in [1.165, 1.54) is 103 Å². The molecule has 0 aromatic heterocycles. The van der Waals surface area contributed by atoms with Crippen LogP contribution in [0.3, 0.4) is 0 Å². The summed E-state index contributed by atoms with van der Waals surface area (Å²) in [5.41, 5.74) is 0. The summed E-state index contributed by atoms with van der Waals surface area (Å²) in [5, 5.41) is 0. The normalized spacial score (nSPS) is 28.9. The van der Waals surface area contributed by atoms with E-state index in [9.17, 15) is 0 Å². The smallest absolute Gasteiger partial charge is 0.0938 e. The van der Waals surface area contributed by atoms with Crippen LogP contribution in [0.15, 0.2) is 0 Å². The van der Waals surface area contributed by atoms with Crippen LogP contribution in [0.4, 0.5) is 0 Å². The van der Waals surface area contributed by atoms with Crippen molar-refractivity contribution in [2.75, 3.05) is 0 Å². The van der Waals surface area contributed by atoms with Crippen molar-refractivity contribution in [2.24, 2.45) is 11.8 Å². The summed E-state index contributed by atoms with van der Waals surface area (Å²) < 4.78 is 0. The molecule has 0 spiro atoms. The molecule has 3 atom stereocenters. The zero-order chi connectivity index (χ0) is 22.2. The third-order valence-electron chi connectivity index (χ3n) is 8.10. The molecule has 4 radical (unpaired) electrons. The third kappa shape index (κ3) is 12.4. The molecule has 6 heteroatoms. The van der Waals surface area contributed by atoms with Crippen molar-refractivity contribution in [3.8, 4) is 0 Å². The predicted molar refractivity (Wildman–Crippen MR) is 150 cm³/mol. The molecule has 4 rings (SSSR count). The van der Waals surface area contributed by atoms with E-state index in [0.717, 1.165) is 36.7 Å². The standard InChI is InChI=1S/C7H17B3.C7H14.C6H12.C4H8B3/c1-6-4-3-5-10(9-8)7(6)2;1-7-5-3-2-4-6-7;1-2-4-6-5-3-1;1-4-2-3-7(4)6-5/h6-7H,3-5H2,1-2,8H3;7H,2-6H2,1H3;1-6H2;4H,2-3H2,1H3/q-1;;;. The lowest BCUT2D eigenvalue weighted by Gasteiger charge is -2.33. The fourth-order valence-corrected chi connectivity index (χ4v) is 4.97. The highest BCUT2D eigenvalue weighted by molar-refractivity contribution is 7.32. The van der Waals surface area contributed by atoms with Crippen molar-refractivity contribution < 1.29 is 0 Å². The first-order valence-corrected chi connectivity index (χ1v) is 13.3. The molecule has 0 nitrogen and oxygen atoms in total. The first-order chi connectivity index (χ1) is 14.5. The largest absolute Gasteiger partial charge is 0.138 e. The lowest BCUT2D eigenvalue weighted by Crippen LogP contribution is -2.35. The lowest BCUT2D eigenvalue weighted by atomic mass is 9.04. The van der Waals surface area contributed by atoms with Gasteiger partial charge in [-0.15, -0.1) is 7.06 Å². The first kappa shape index (κ1) is 28.4. The van der Waals surface area contributed by atoms with Gasteiger partial charge in [-0.05, 0) is 11.8 Å². The summed E-state index contributed by atoms with van der Waals surface area (Å²) in [7, 11) is 10.3. The van der Waals surface area contributed by atoms with E-state index in [-0.39, 0.29) is 0 Å².